The number of hydrogen-bond acceptors (Lipinski definition) is 4. The Labute approximate surface area is 120 Å². The minimum absolute atomic E-state index is 0.514. The van der Waals surface area contributed by atoms with Crippen molar-refractivity contribution in [1.82, 2.24) is 4.98 Å². The van der Waals surface area contributed by atoms with Gasteiger partial charge in [0.05, 0.1) is 16.6 Å². The molecular formula is C12H13Cl2N3S. The number of rotatable bonds is 4. The van der Waals surface area contributed by atoms with Gasteiger partial charge in [-0.15, -0.1) is 11.3 Å². The average molecular weight is 302 g/mol. The zero-order valence-electron chi connectivity index (χ0n) is 10.1. The summed E-state index contributed by atoms with van der Waals surface area (Å²) in [7, 11) is 1.77. The van der Waals surface area contributed by atoms with Crippen molar-refractivity contribution in [3.63, 3.8) is 0 Å². The highest BCUT2D eigenvalue weighted by molar-refractivity contribution is 7.11. The third-order valence-corrected chi connectivity index (χ3v) is 3.97. The fourth-order valence-electron chi connectivity index (χ4n) is 1.52. The van der Waals surface area contributed by atoms with Gasteiger partial charge in [0.2, 0.25) is 0 Å². The van der Waals surface area contributed by atoms with Gasteiger partial charge in [-0.2, -0.15) is 0 Å². The molecule has 0 aliphatic carbocycles. The quantitative estimate of drug-likeness (QED) is 0.878. The first-order valence-electron chi connectivity index (χ1n) is 5.43. The monoisotopic (exact) mass is 301 g/mol. The van der Waals surface area contributed by atoms with E-state index < -0.39 is 0 Å². The molecule has 0 spiro atoms. The molecule has 96 valence electrons. The number of hydrogen-bond donors (Lipinski definition) is 2. The number of nitrogens with zero attached hydrogens (tertiary/aromatic N) is 1. The summed E-state index contributed by atoms with van der Waals surface area (Å²) < 4.78 is 0. The number of aryl methyl sites for hydroxylation is 1. The Hall–Kier alpha value is -0.970. The molecule has 6 heteroatoms. The van der Waals surface area contributed by atoms with Crippen LogP contribution in [0.15, 0.2) is 18.2 Å². The second kappa shape index (κ2) is 5.78. The predicted octanol–water partition coefficient (Wildman–Crippen LogP) is 4.41. The second-order valence-electron chi connectivity index (χ2n) is 3.77. The van der Waals surface area contributed by atoms with Gasteiger partial charge in [0.15, 0.2) is 0 Å². The molecule has 0 saturated heterocycles. The Morgan fingerprint density at radius 1 is 1.22 bits per heavy atom. The number of pyridine rings is 1. The van der Waals surface area contributed by atoms with Gasteiger partial charge in [-0.3, -0.25) is 0 Å². The van der Waals surface area contributed by atoms with Crippen LogP contribution in [0.1, 0.15) is 9.75 Å². The standard InChI is InChI=1S/C12H13Cl2N3S/c1-7-3-4-8(18-7)6-16-12-10(14)5-9(13)11(15-2)17-12/h3-5H,6H2,1-2H3,(H2,15,16,17). The van der Waals surface area contributed by atoms with E-state index >= 15 is 0 Å². The van der Waals surface area contributed by atoms with Crippen molar-refractivity contribution in [2.45, 2.75) is 13.5 Å². The van der Waals surface area contributed by atoms with Crippen LogP contribution in [0.5, 0.6) is 0 Å². The molecule has 18 heavy (non-hydrogen) atoms. The van der Waals surface area contributed by atoms with Gasteiger partial charge < -0.3 is 10.6 Å². The van der Waals surface area contributed by atoms with Gasteiger partial charge in [-0.25, -0.2) is 4.98 Å². The van der Waals surface area contributed by atoms with Crippen LogP contribution in [0.3, 0.4) is 0 Å². The normalized spacial score (nSPS) is 10.4. The lowest BCUT2D eigenvalue weighted by molar-refractivity contribution is 1.14. The van der Waals surface area contributed by atoms with E-state index in [-0.39, 0.29) is 0 Å². The summed E-state index contributed by atoms with van der Waals surface area (Å²) in [6.07, 6.45) is 0. The van der Waals surface area contributed by atoms with E-state index in [0.717, 1.165) is 0 Å². The van der Waals surface area contributed by atoms with Gasteiger partial charge >= 0.3 is 0 Å². The molecule has 0 aliphatic rings. The van der Waals surface area contributed by atoms with E-state index in [1.807, 2.05) is 0 Å². The minimum Gasteiger partial charge on any atom is -0.372 e. The summed E-state index contributed by atoms with van der Waals surface area (Å²) in [4.78, 5) is 6.86. The van der Waals surface area contributed by atoms with Crippen LogP contribution in [-0.4, -0.2) is 12.0 Å². The van der Waals surface area contributed by atoms with Crippen LogP contribution in [0.25, 0.3) is 0 Å². The van der Waals surface area contributed by atoms with Crippen LogP contribution in [-0.2, 0) is 6.54 Å². The predicted molar refractivity (Wildman–Crippen MR) is 80.2 cm³/mol. The lowest BCUT2D eigenvalue weighted by Gasteiger charge is -2.10. The molecule has 0 amide bonds. The van der Waals surface area contributed by atoms with Crippen LogP contribution >= 0.6 is 34.5 Å². The van der Waals surface area contributed by atoms with Crippen LogP contribution in [0, 0.1) is 6.92 Å². The van der Waals surface area contributed by atoms with Gasteiger partial charge in [0.25, 0.3) is 0 Å². The van der Waals surface area contributed by atoms with Crippen molar-refractivity contribution in [2.24, 2.45) is 0 Å². The number of nitrogens with one attached hydrogen (secondary N) is 2. The molecule has 2 aromatic rings. The van der Waals surface area contributed by atoms with Crippen LogP contribution in [0.4, 0.5) is 11.6 Å². The summed E-state index contributed by atoms with van der Waals surface area (Å²) >= 11 is 13.8. The Kier molecular flexibility index (Phi) is 4.32. The Balaban J connectivity index is 2.13. The number of thiophene rings is 1. The summed E-state index contributed by atoms with van der Waals surface area (Å²) in [6, 6.07) is 5.87. The third kappa shape index (κ3) is 3.07. The molecule has 2 rings (SSSR count). The zero-order chi connectivity index (χ0) is 13.1. The molecule has 0 bridgehead atoms. The SMILES string of the molecule is CNc1nc(NCc2ccc(C)s2)c(Cl)cc1Cl. The van der Waals surface area contributed by atoms with Crippen molar-refractivity contribution in [1.29, 1.82) is 0 Å². The van der Waals surface area contributed by atoms with Crippen molar-refractivity contribution in [3.8, 4) is 0 Å². The van der Waals surface area contributed by atoms with Crippen molar-refractivity contribution >= 4 is 46.2 Å². The molecule has 3 nitrogen and oxygen atoms in total. The number of aromatic nitrogens is 1. The second-order valence-corrected chi connectivity index (χ2v) is 5.95. The zero-order valence-corrected chi connectivity index (χ0v) is 12.4. The molecule has 0 fully saturated rings. The topological polar surface area (TPSA) is 37.0 Å². The summed E-state index contributed by atoms with van der Waals surface area (Å²) in [6.45, 7) is 2.79. The first kappa shape index (κ1) is 13.5. The van der Waals surface area contributed by atoms with Crippen LogP contribution in [0.2, 0.25) is 10.0 Å². The van der Waals surface area contributed by atoms with Crippen molar-refractivity contribution < 1.29 is 0 Å². The van der Waals surface area contributed by atoms with Gasteiger partial charge in [0.1, 0.15) is 11.6 Å². The highest BCUT2D eigenvalue weighted by Gasteiger charge is 2.08. The summed E-state index contributed by atoms with van der Waals surface area (Å²) in [5.74, 6) is 1.25. The highest BCUT2D eigenvalue weighted by atomic mass is 35.5. The van der Waals surface area contributed by atoms with Crippen molar-refractivity contribution in [3.05, 3.63) is 38.0 Å². The highest BCUT2D eigenvalue weighted by Crippen LogP contribution is 2.29. The summed E-state index contributed by atoms with van der Waals surface area (Å²) in [5.41, 5.74) is 0. The molecule has 0 unspecified atom stereocenters. The first-order valence-corrected chi connectivity index (χ1v) is 7.00. The fourth-order valence-corrected chi connectivity index (χ4v) is 2.87. The van der Waals surface area contributed by atoms with E-state index in [0.29, 0.717) is 28.2 Å². The molecule has 2 heterocycles. The molecular weight excluding hydrogens is 289 g/mol. The van der Waals surface area contributed by atoms with E-state index in [9.17, 15) is 0 Å². The number of halogens is 2. The maximum atomic E-state index is 6.10. The van der Waals surface area contributed by atoms with E-state index in [4.69, 9.17) is 23.2 Å². The minimum atomic E-state index is 0.514. The third-order valence-electron chi connectivity index (χ3n) is 2.39. The molecule has 0 saturated carbocycles. The average Bonchev–Trinajstić information content (AvgIpc) is 2.74. The Morgan fingerprint density at radius 2 is 1.94 bits per heavy atom. The van der Waals surface area contributed by atoms with Gasteiger partial charge in [-0.05, 0) is 25.1 Å². The molecule has 2 aromatic heterocycles. The van der Waals surface area contributed by atoms with Crippen LogP contribution < -0.4 is 10.6 Å². The molecule has 2 N–H and O–H groups in total. The number of anilines is 2. The Bertz CT molecular complexity index is 554. The molecule has 0 aromatic carbocycles. The van der Waals surface area contributed by atoms with Gasteiger partial charge in [0, 0.05) is 16.8 Å². The molecule has 0 aliphatic heterocycles. The lowest BCUT2D eigenvalue weighted by Crippen LogP contribution is -2.03. The molecule has 0 atom stereocenters. The maximum Gasteiger partial charge on any atom is 0.147 e. The fraction of sp³-hybridized carbons (Fsp3) is 0.250. The summed E-state index contributed by atoms with van der Waals surface area (Å²) in [5, 5.41) is 7.17. The van der Waals surface area contributed by atoms with Crippen molar-refractivity contribution in [2.75, 3.05) is 17.7 Å². The smallest absolute Gasteiger partial charge is 0.147 e. The van der Waals surface area contributed by atoms with E-state index in [2.05, 4.69) is 34.7 Å². The van der Waals surface area contributed by atoms with E-state index in [1.165, 1.54) is 9.75 Å². The van der Waals surface area contributed by atoms with E-state index in [1.54, 1.807) is 24.5 Å². The maximum absolute atomic E-state index is 6.10. The first-order chi connectivity index (χ1) is 8.60. The largest absolute Gasteiger partial charge is 0.372 e. The molecule has 0 radical (unpaired) electrons. The lowest BCUT2D eigenvalue weighted by atomic mass is 10.4. The Morgan fingerprint density at radius 3 is 2.56 bits per heavy atom. The van der Waals surface area contributed by atoms with Gasteiger partial charge in [-0.1, -0.05) is 23.2 Å².